The maximum atomic E-state index is 5.61. The van der Waals surface area contributed by atoms with E-state index in [-0.39, 0.29) is 0 Å². The molecule has 1 aromatic heterocycles. The standard InChI is InChI=1S/C13H20N2OS/c1-2-14-13-8-11(5-6-15-13)9-17-10-12-4-3-7-16-12/h5-6,8,12H,2-4,7,9-10H2,1H3,(H,14,15). The molecular formula is C13H20N2OS. The average Bonchev–Trinajstić information content (AvgIpc) is 2.83. The highest BCUT2D eigenvalue weighted by Gasteiger charge is 2.14. The molecule has 4 heteroatoms. The van der Waals surface area contributed by atoms with Crippen molar-refractivity contribution in [3.63, 3.8) is 0 Å². The minimum atomic E-state index is 0.482. The monoisotopic (exact) mass is 252 g/mol. The predicted octanol–water partition coefficient (Wildman–Crippen LogP) is 2.93. The number of hydrogen-bond donors (Lipinski definition) is 1. The Hall–Kier alpha value is -0.740. The lowest BCUT2D eigenvalue weighted by Crippen LogP contribution is -2.08. The van der Waals surface area contributed by atoms with Crippen LogP contribution in [0.2, 0.25) is 0 Å². The Morgan fingerprint density at radius 2 is 2.53 bits per heavy atom. The van der Waals surface area contributed by atoms with Crippen molar-refractivity contribution in [2.75, 3.05) is 24.2 Å². The van der Waals surface area contributed by atoms with E-state index in [2.05, 4.69) is 29.4 Å². The van der Waals surface area contributed by atoms with Crippen molar-refractivity contribution in [1.29, 1.82) is 0 Å². The number of hydrogen-bond acceptors (Lipinski definition) is 4. The lowest BCUT2D eigenvalue weighted by atomic mass is 10.3. The molecule has 1 N–H and O–H groups in total. The van der Waals surface area contributed by atoms with Crippen molar-refractivity contribution in [3.8, 4) is 0 Å². The molecule has 2 rings (SSSR count). The van der Waals surface area contributed by atoms with Crippen LogP contribution >= 0.6 is 11.8 Å². The zero-order valence-corrected chi connectivity index (χ0v) is 11.1. The lowest BCUT2D eigenvalue weighted by molar-refractivity contribution is 0.129. The Morgan fingerprint density at radius 3 is 3.29 bits per heavy atom. The first kappa shape index (κ1) is 12.7. The Morgan fingerprint density at radius 1 is 1.59 bits per heavy atom. The molecule has 1 fully saturated rings. The Bertz CT molecular complexity index is 340. The normalized spacial score (nSPS) is 19.5. The number of pyridine rings is 1. The summed E-state index contributed by atoms with van der Waals surface area (Å²) < 4.78 is 5.61. The fraction of sp³-hybridized carbons (Fsp3) is 0.615. The summed E-state index contributed by atoms with van der Waals surface area (Å²) in [7, 11) is 0. The van der Waals surface area contributed by atoms with E-state index in [9.17, 15) is 0 Å². The number of aromatic nitrogens is 1. The van der Waals surface area contributed by atoms with Gasteiger partial charge in [-0.25, -0.2) is 4.98 Å². The first-order valence-electron chi connectivity index (χ1n) is 6.26. The van der Waals surface area contributed by atoms with Gasteiger partial charge in [-0.3, -0.25) is 0 Å². The molecule has 1 aliphatic heterocycles. The molecule has 0 aromatic carbocycles. The highest BCUT2D eigenvalue weighted by Crippen LogP contribution is 2.20. The van der Waals surface area contributed by atoms with Crippen molar-refractivity contribution in [2.24, 2.45) is 0 Å². The highest BCUT2D eigenvalue weighted by molar-refractivity contribution is 7.98. The molecule has 1 saturated heterocycles. The van der Waals surface area contributed by atoms with Crippen molar-refractivity contribution in [3.05, 3.63) is 23.9 Å². The molecular weight excluding hydrogens is 232 g/mol. The summed E-state index contributed by atoms with van der Waals surface area (Å²) in [5.74, 6) is 3.13. The third-order valence-electron chi connectivity index (χ3n) is 2.78. The van der Waals surface area contributed by atoms with Crippen LogP contribution in [0, 0.1) is 0 Å². The van der Waals surface area contributed by atoms with E-state index >= 15 is 0 Å². The van der Waals surface area contributed by atoms with E-state index in [1.165, 1.54) is 18.4 Å². The number of nitrogens with zero attached hydrogens (tertiary/aromatic N) is 1. The minimum Gasteiger partial charge on any atom is -0.377 e. The average molecular weight is 252 g/mol. The molecule has 3 nitrogen and oxygen atoms in total. The molecule has 0 saturated carbocycles. The Balaban J connectivity index is 1.75. The van der Waals surface area contributed by atoms with Crippen LogP contribution in [0.3, 0.4) is 0 Å². The number of ether oxygens (including phenoxy) is 1. The predicted molar refractivity (Wildman–Crippen MR) is 73.5 cm³/mol. The summed E-state index contributed by atoms with van der Waals surface area (Å²) in [4.78, 5) is 4.27. The lowest BCUT2D eigenvalue weighted by Gasteiger charge is -2.09. The molecule has 0 amide bonds. The van der Waals surface area contributed by atoms with Crippen molar-refractivity contribution in [2.45, 2.75) is 31.6 Å². The van der Waals surface area contributed by atoms with E-state index in [1.54, 1.807) is 0 Å². The quantitative estimate of drug-likeness (QED) is 0.844. The van der Waals surface area contributed by atoms with Crippen LogP contribution in [0.5, 0.6) is 0 Å². The van der Waals surface area contributed by atoms with Gasteiger partial charge in [-0.2, -0.15) is 11.8 Å². The number of nitrogens with one attached hydrogen (secondary N) is 1. The topological polar surface area (TPSA) is 34.1 Å². The minimum absolute atomic E-state index is 0.482. The number of rotatable bonds is 6. The molecule has 17 heavy (non-hydrogen) atoms. The van der Waals surface area contributed by atoms with Gasteiger partial charge in [0.15, 0.2) is 0 Å². The molecule has 1 aromatic rings. The third kappa shape index (κ3) is 4.21. The number of anilines is 1. The van der Waals surface area contributed by atoms with Gasteiger partial charge >= 0.3 is 0 Å². The summed E-state index contributed by atoms with van der Waals surface area (Å²) in [6, 6.07) is 4.22. The van der Waals surface area contributed by atoms with Crippen LogP contribution < -0.4 is 5.32 Å². The fourth-order valence-corrected chi connectivity index (χ4v) is 2.98. The van der Waals surface area contributed by atoms with Crippen molar-refractivity contribution < 1.29 is 4.74 Å². The van der Waals surface area contributed by atoms with Crippen molar-refractivity contribution in [1.82, 2.24) is 4.98 Å². The van der Waals surface area contributed by atoms with Gasteiger partial charge in [0, 0.05) is 30.9 Å². The van der Waals surface area contributed by atoms with E-state index in [4.69, 9.17) is 4.74 Å². The van der Waals surface area contributed by atoms with Gasteiger partial charge in [-0.05, 0) is 37.5 Å². The largest absolute Gasteiger partial charge is 0.377 e. The Labute approximate surface area is 107 Å². The smallest absolute Gasteiger partial charge is 0.126 e. The molecule has 0 spiro atoms. The summed E-state index contributed by atoms with van der Waals surface area (Å²) in [6.45, 7) is 3.95. The van der Waals surface area contributed by atoms with Gasteiger partial charge in [0.25, 0.3) is 0 Å². The second kappa shape index (κ2) is 6.87. The molecule has 0 radical (unpaired) electrons. The van der Waals surface area contributed by atoms with Crippen LogP contribution in [0.25, 0.3) is 0 Å². The summed E-state index contributed by atoms with van der Waals surface area (Å²) in [6.07, 6.45) is 4.81. The van der Waals surface area contributed by atoms with Gasteiger partial charge in [-0.1, -0.05) is 0 Å². The van der Waals surface area contributed by atoms with Gasteiger partial charge < -0.3 is 10.1 Å². The number of thioether (sulfide) groups is 1. The van der Waals surface area contributed by atoms with E-state index < -0.39 is 0 Å². The summed E-state index contributed by atoms with van der Waals surface area (Å²) in [5.41, 5.74) is 1.33. The van der Waals surface area contributed by atoms with E-state index in [1.807, 2.05) is 18.0 Å². The van der Waals surface area contributed by atoms with Gasteiger partial charge in [0.2, 0.25) is 0 Å². The summed E-state index contributed by atoms with van der Waals surface area (Å²) >= 11 is 1.95. The second-order valence-corrected chi connectivity index (χ2v) is 5.26. The zero-order valence-electron chi connectivity index (χ0n) is 10.3. The van der Waals surface area contributed by atoms with Gasteiger partial charge in [0.1, 0.15) is 5.82 Å². The highest BCUT2D eigenvalue weighted by atomic mass is 32.2. The third-order valence-corrected chi connectivity index (χ3v) is 3.92. The van der Waals surface area contributed by atoms with Crippen LogP contribution in [-0.2, 0) is 10.5 Å². The van der Waals surface area contributed by atoms with Crippen LogP contribution in [-0.4, -0.2) is 30.0 Å². The molecule has 2 heterocycles. The first-order valence-corrected chi connectivity index (χ1v) is 7.42. The fourth-order valence-electron chi connectivity index (χ4n) is 1.93. The van der Waals surface area contributed by atoms with Crippen LogP contribution in [0.1, 0.15) is 25.3 Å². The second-order valence-electron chi connectivity index (χ2n) is 4.23. The van der Waals surface area contributed by atoms with Gasteiger partial charge in [-0.15, -0.1) is 0 Å². The first-order chi connectivity index (χ1) is 8.38. The van der Waals surface area contributed by atoms with Crippen LogP contribution in [0.4, 0.5) is 5.82 Å². The van der Waals surface area contributed by atoms with E-state index in [0.717, 1.165) is 30.5 Å². The molecule has 1 aliphatic rings. The van der Waals surface area contributed by atoms with E-state index in [0.29, 0.717) is 6.10 Å². The van der Waals surface area contributed by atoms with Crippen LogP contribution in [0.15, 0.2) is 18.3 Å². The maximum absolute atomic E-state index is 5.61. The Kier molecular flexibility index (Phi) is 5.13. The maximum Gasteiger partial charge on any atom is 0.126 e. The van der Waals surface area contributed by atoms with Gasteiger partial charge in [0.05, 0.1) is 6.10 Å². The molecule has 1 atom stereocenters. The van der Waals surface area contributed by atoms with Crippen molar-refractivity contribution >= 4 is 17.6 Å². The molecule has 94 valence electrons. The molecule has 0 aliphatic carbocycles. The SMILES string of the molecule is CCNc1cc(CSCC2CCCO2)ccn1. The zero-order chi connectivity index (χ0) is 11.9. The molecule has 1 unspecified atom stereocenters. The summed E-state index contributed by atoms with van der Waals surface area (Å²) in [5, 5.41) is 3.23. The molecule has 0 bridgehead atoms.